The summed E-state index contributed by atoms with van der Waals surface area (Å²) in [4.78, 5) is 2.00. The normalized spacial score (nSPS) is 10.5. The van der Waals surface area contributed by atoms with Crippen LogP contribution in [0.3, 0.4) is 0 Å². The molecule has 0 spiro atoms. The molecule has 0 aliphatic heterocycles. The minimum absolute atomic E-state index is 0.182. The second-order valence-corrected chi connectivity index (χ2v) is 4.36. The lowest BCUT2D eigenvalue weighted by molar-refractivity contribution is 0.621. The molecular formula is C16H19FN2. The maximum atomic E-state index is 14.2. The molecule has 3 heteroatoms. The number of nitrogens with zero attached hydrogens (tertiary/aromatic N) is 1. The Balaban J connectivity index is 2.49. The molecule has 0 radical (unpaired) electrons. The van der Waals surface area contributed by atoms with Crippen LogP contribution >= 0.6 is 0 Å². The minimum Gasteiger partial charge on any atom is -0.339 e. The van der Waals surface area contributed by atoms with Gasteiger partial charge in [0.1, 0.15) is 5.82 Å². The van der Waals surface area contributed by atoms with Crippen LogP contribution in [0, 0.1) is 5.82 Å². The topological polar surface area (TPSA) is 15.3 Å². The average Bonchev–Trinajstić information content (AvgIpc) is 2.44. The standard InChI is InChI=1S/C16H19FN2/c1-3-19(14-9-5-4-6-10-14)16-13(12-18-2)8-7-11-15(16)17/h4-11,18H,3,12H2,1-2H3. The van der Waals surface area contributed by atoms with Crippen molar-refractivity contribution >= 4 is 11.4 Å². The Morgan fingerprint density at radius 1 is 1.05 bits per heavy atom. The average molecular weight is 258 g/mol. The Labute approximate surface area is 113 Å². The van der Waals surface area contributed by atoms with Gasteiger partial charge < -0.3 is 10.2 Å². The molecule has 0 aromatic heterocycles. The predicted molar refractivity (Wildman–Crippen MR) is 78.3 cm³/mol. The third kappa shape index (κ3) is 2.93. The summed E-state index contributed by atoms with van der Waals surface area (Å²) in [5, 5.41) is 3.09. The zero-order valence-electron chi connectivity index (χ0n) is 11.4. The smallest absolute Gasteiger partial charge is 0.147 e. The van der Waals surface area contributed by atoms with Crippen LogP contribution in [0.25, 0.3) is 0 Å². The van der Waals surface area contributed by atoms with Crippen LogP contribution in [-0.2, 0) is 6.54 Å². The van der Waals surface area contributed by atoms with Crippen LogP contribution in [0.5, 0.6) is 0 Å². The summed E-state index contributed by atoms with van der Waals surface area (Å²) in [6, 6.07) is 15.1. The lowest BCUT2D eigenvalue weighted by atomic mass is 10.1. The fraction of sp³-hybridized carbons (Fsp3) is 0.250. The summed E-state index contributed by atoms with van der Waals surface area (Å²) in [6.45, 7) is 3.40. The second kappa shape index (κ2) is 6.34. The molecule has 0 aliphatic carbocycles. The van der Waals surface area contributed by atoms with Crippen molar-refractivity contribution in [1.82, 2.24) is 5.32 Å². The molecule has 2 rings (SSSR count). The Kier molecular flexibility index (Phi) is 4.53. The van der Waals surface area contributed by atoms with Crippen molar-refractivity contribution < 1.29 is 4.39 Å². The molecular weight excluding hydrogens is 239 g/mol. The first kappa shape index (κ1) is 13.6. The summed E-state index contributed by atoms with van der Waals surface area (Å²) in [5.41, 5.74) is 2.63. The largest absolute Gasteiger partial charge is 0.339 e. The molecule has 0 saturated carbocycles. The lowest BCUT2D eigenvalue weighted by Crippen LogP contribution is -2.20. The Morgan fingerprint density at radius 3 is 2.42 bits per heavy atom. The highest BCUT2D eigenvalue weighted by Gasteiger charge is 2.15. The van der Waals surface area contributed by atoms with Crippen LogP contribution in [0.15, 0.2) is 48.5 Å². The van der Waals surface area contributed by atoms with Crippen molar-refractivity contribution in [3.8, 4) is 0 Å². The van der Waals surface area contributed by atoms with Gasteiger partial charge in [-0.05, 0) is 37.7 Å². The highest BCUT2D eigenvalue weighted by Crippen LogP contribution is 2.30. The van der Waals surface area contributed by atoms with Gasteiger partial charge in [-0.15, -0.1) is 0 Å². The number of halogens is 1. The molecule has 0 bridgehead atoms. The molecule has 0 atom stereocenters. The van der Waals surface area contributed by atoms with Crippen molar-refractivity contribution in [3.05, 3.63) is 59.9 Å². The molecule has 0 amide bonds. The number of para-hydroxylation sites is 2. The fourth-order valence-electron chi connectivity index (χ4n) is 2.27. The van der Waals surface area contributed by atoms with E-state index in [4.69, 9.17) is 0 Å². The van der Waals surface area contributed by atoms with Crippen LogP contribution in [0.4, 0.5) is 15.8 Å². The van der Waals surface area contributed by atoms with Crippen LogP contribution in [0.2, 0.25) is 0 Å². The van der Waals surface area contributed by atoms with E-state index in [2.05, 4.69) is 5.32 Å². The maximum Gasteiger partial charge on any atom is 0.147 e. The van der Waals surface area contributed by atoms with Crippen LogP contribution in [0.1, 0.15) is 12.5 Å². The number of anilines is 2. The van der Waals surface area contributed by atoms with E-state index >= 15 is 0 Å². The van der Waals surface area contributed by atoms with Gasteiger partial charge in [-0.3, -0.25) is 0 Å². The maximum absolute atomic E-state index is 14.2. The number of benzene rings is 2. The summed E-state index contributed by atoms with van der Waals surface area (Å²) in [6.07, 6.45) is 0. The summed E-state index contributed by atoms with van der Waals surface area (Å²) in [5.74, 6) is -0.182. The third-order valence-electron chi connectivity index (χ3n) is 3.09. The summed E-state index contributed by atoms with van der Waals surface area (Å²) < 4.78 is 14.2. The molecule has 0 unspecified atom stereocenters. The third-order valence-corrected chi connectivity index (χ3v) is 3.09. The fourth-order valence-corrected chi connectivity index (χ4v) is 2.27. The number of nitrogens with one attached hydrogen (secondary N) is 1. The van der Waals surface area contributed by atoms with Gasteiger partial charge in [-0.25, -0.2) is 4.39 Å². The summed E-state index contributed by atoms with van der Waals surface area (Å²) >= 11 is 0. The van der Waals surface area contributed by atoms with Gasteiger partial charge in [-0.2, -0.15) is 0 Å². The van der Waals surface area contributed by atoms with Crippen molar-refractivity contribution in [2.24, 2.45) is 0 Å². The quantitative estimate of drug-likeness (QED) is 0.879. The minimum atomic E-state index is -0.182. The van der Waals surface area contributed by atoms with Gasteiger partial charge in [0.05, 0.1) is 5.69 Å². The van der Waals surface area contributed by atoms with E-state index in [1.807, 2.05) is 55.3 Å². The lowest BCUT2D eigenvalue weighted by Gasteiger charge is -2.26. The Bertz CT molecular complexity index is 526. The van der Waals surface area contributed by atoms with E-state index < -0.39 is 0 Å². The summed E-state index contributed by atoms with van der Waals surface area (Å²) in [7, 11) is 1.87. The first-order valence-corrected chi connectivity index (χ1v) is 6.52. The second-order valence-electron chi connectivity index (χ2n) is 4.36. The molecule has 100 valence electrons. The van der Waals surface area contributed by atoms with Gasteiger partial charge in [0.2, 0.25) is 0 Å². The molecule has 2 aromatic carbocycles. The molecule has 0 aliphatic rings. The molecule has 19 heavy (non-hydrogen) atoms. The van der Waals surface area contributed by atoms with Crippen LogP contribution in [-0.4, -0.2) is 13.6 Å². The Hall–Kier alpha value is -1.87. The number of hydrogen-bond acceptors (Lipinski definition) is 2. The Morgan fingerprint density at radius 2 is 1.79 bits per heavy atom. The van der Waals surface area contributed by atoms with E-state index in [1.54, 1.807) is 6.07 Å². The number of rotatable bonds is 5. The highest BCUT2D eigenvalue weighted by atomic mass is 19.1. The van der Waals surface area contributed by atoms with E-state index in [1.165, 1.54) is 6.07 Å². The van der Waals surface area contributed by atoms with Crippen LogP contribution < -0.4 is 10.2 Å². The SMILES string of the molecule is CCN(c1ccccc1)c1c(F)cccc1CNC. The zero-order valence-corrected chi connectivity index (χ0v) is 11.4. The van der Waals surface area contributed by atoms with E-state index in [0.717, 1.165) is 17.8 Å². The predicted octanol–water partition coefficient (Wildman–Crippen LogP) is 3.70. The van der Waals surface area contributed by atoms with E-state index in [-0.39, 0.29) is 5.82 Å². The van der Waals surface area contributed by atoms with Crippen molar-refractivity contribution in [1.29, 1.82) is 0 Å². The first-order chi connectivity index (χ1) is 9.27. The molecule has 0 fully saturated rings. The van der Waals surface area contributed by atoms with Crippen molar-refractivity contribution in [2.75, 3.05) is 18.5 Å². The number of hydrogen-bond donors (Lipinski definition) is 1. The van der Waals surface area contributed by atoms with Gasteiger partial charge in [0, 0.05) is 18.8 Å². The van der Waals surface area contributed by atoms with Gasteiger partial charge >= 0.3 is 0 Å². The van der Waals surface area contributed by atoms with Gasteiger partial charge in [0.15, 0.2) is 0 Å². The van der Waals surface area contributed by atoms with Gasteiger partial charge in [0.25, 0.3) is 0 Å². The molecule has 1 N–H and O–H groups in total. The van der Waals surface area contributed by atoms with E-state index in [0.29, 0.717) is 12.2 Å². The molecule has 2 aromatic rings. The van der Waals surface area contributed by atoms with Crippen molar-refractivity contribution in [3.63, 3.8) is 0 Å². The molecule has 0 saturated heterocycles. The molecule has 0 heterocycles. The van der Waals surface area contributed by atoms with Gasteiger partial charge in [-0.1, -0.05) is 30.3 Å². The van der Waals surface area contributed by atoms with E-state index in [9.17, 15) is 4.39 Å². The monoisotopic (exact) mass is 258 g/mol. The highest BCUT2D eigenvalue weighted by molar-refractivity contribution is 5.67. The molecule has 2 nitrogen and oxygen atoms in total. The first-order valence-electron chi connectivity index (χ1n) is 6.52. The zero-order chi connectivity index (χ0) is 13.7. The van der Waals surface area contributed by atoms with Crippen molar-refractivity contribution in [2.45, 2.75) is 13.5 Å².